The van der Waals surface area contributed by atoms with E-state index in [4.69, 9.17) is 4.52 Å². The van der Waals surface area contributed by atoms with Crippen LogP contribution in [0.3, 0.4) is 0 Å². The highest BCUT2D eigenvalue weighted by atomic mass is 19.4. The van der Waals surface area contributed by atoms with Gasteiger partial charge in [0.1, 0.15) is 5.69 Å². The van der Waals surface area contributed by atoms with Crippen molar-refractivity contribution in [2.75, 3.05) is 5.32 Å². The molecule has 0 aliphatic heterocycles. The van der Waals surface area contributed by atoms with Crippen molar-refractivity contribution in [2.45, 2.75) is 12.8 Å². The van der Waals surface area contributed by atoms with Gasteiger partial charge in [-0.15, -0.1) is 13.2 Å². The number of rotatable bonds is 4. The Balaban J connectivity index is 1.76. The fraction of sp³-hybridized carbons (Fsp3) is 0.125. The summed E-state index contributed by atoms with van der Waals surface area (Å²) in [5, 5.41) is 6.88. The molecule has 1 amide bonds. The van der Waals surface area contributed by atoms with Gasteiger partial charge >= 0.3 is 6.36 Å². The number of nitrogens with one attached hydrogen (secondary N) is 1. The summed E-state index contributed by atoms with van der Waals surface area (Å²) in [5.74, 6) is -1.02. The maximum atomic E-state index is 12.4. The van der Waals surface area contributed by atoms with Crippen molar-refractivity contribution in [1.82, 2.24) is 5.16 Å². The summed E-state index contributed by atoms with van der Waals surface area (Å²) < 4.78 is 46.1. The predicted molar refractivity (Wildman–Crippen MR) is 79.5 cm³/mol. The smallest absolute Gasteiger partial charge is 0.404 e. The molecule has 0 radical (unpaired) electrons. The molecule has 0 aliphatic rings. The molecule has 0 fully saturated rings. The van der Waals surface area contributed by atoms with Crippen LogP contribution in [-0.2, 0) is 11.2 Å². The molecular weight excluding hydrogens is 325 g/mol. The molecule has 1 heterocycles. The lowest BCUT2D eigenvalue weighted by Crippen LogP contribution is -2.20. The summed E-state index contributed by atoms with van der Waals surface area (Å²) in [6, 6.07) is 12.3. The van der Waals surface area contributed by atoms with Crippen LogP contribution in [0, 0.1) is 0 Å². The molecule has 0 atom stereocenters. The van der Waals surface area contributed by atoms with Crippen molar-refractivity contribution < 1.29 is 27.2 Å². The van der Waals surface area contributed by atoms with Gasteiger partial charge in [-0.3, -0.25) is 4.79 Å². The molecule has 3 rings (SSSR count). The first-order chi connectivity index (χ1) is 11.4. The van der Waals surface area contributed by atoms with Crippen molar-refractivity contribution in [2.24, 2.45) is 0 Å². The molecule has 0 spiro atoms. The minimum absolute atomic E-state index is 0.0763. The largest absolute Gasteiger partial charge is 0.573 e. The lowest BCUT2D eigenvalue weighted by molar-refractivity contribution is -0.274. The zero-order chi connectivity index (χ0) is 17.2. The second kappa shape index (κ2) is 6.23. The van der Waals surface area contributed by atoms with Gasteiger partial charge in [-0.05, 0) is 24.3 Å². The highest BCUT2D eigenvalue weighted by Gasteiger charge is 2.32. The van der Waals surface area contributed by atoms with E-state index in [1.165, 1.54) is 18.2 Å². The number of aromatic nitrogens is 1. The minimum atomic E-state index is -4.84. The van der Waals surface area contributed by atoms with Crippen molar-refractivity contribution in [3.05, 3.63) is 54.2 Å². The number of amides is 1. The summed E-state index contributed by atoms with van der Waals surface area (Å²) in [6.07, 6.45) is -4.99. The molecule has 0 saturated heterocycles. The van der Waals surface area contributed by atoms with Gasteiger partial charge in [-0.2, -0.15) is 0 Å². The topological polar surface area (TPSA) is 64.4 Å². The fourth-order valence-electron chi connectivity index (χ4n) is 2.20. The van der Waals surface area contributed by atoms with Gasteiger partial charge in [-0.25, -0.2) is 0 Å². The van der Waals surface area contributed by atoms with E-state index in [9.17, 15) is 18.0 Å². The second-order valence-electron chi connectivity index (χ2n) is 4.89. The highest BCUT2D eigenvalue weighted by molar-refractivity contribution is 5.95. The summed E-state index contributed by atoms with van der Waals surface area (Å²) in [7, 11) is 0. The van der Waals surface area contributed by atoms with Crippen molar-refractivity contribution in [3.63, 3.8) is 0 Å². The lowest BCUT2D eigenvalue weighted by atomic mass is 10.1. The number of hydrogen-bond acceptors (Lipinski definition) is 4. The van der Waals surface area contributed by atoms with Crippen LogP contribution in [0.15, 0.2) is 53.1 Å². The minimum Gasteiger partial charge on any atom is -0.404 e. The summed E-state index contributed by atoms with van der Waals surface area (Å²) in [4.78, 5) is 12.1. The van der Waals surface area contributed by atoms with Gasteiger partial charge in [-0.1, -0.05) is 29.4 Å². The molecule has 3 aromatic rings. The first-order valence-corrected chi connectivity index (χ1v) is 6.90. The normalized spacial score (nSPS) is 11.5. The zero-order valence-corrected chi connectivity index (χ0v) is 12.1. The van der Waals surface area contributed by atoms with Gasteiger partial charge < -0.3 is 14.6 Å². The molecule has 5 nitrogen and oxygen atoms in total. The number of para-hydroxylation sites is 3. The predicted octanol–water partition coefficient (Wildman–Crippen LogP) is 3.91. The molecule has 0 saturated carbocycles. The van der Waals surface area contributed by atoms with Crippen LogP contribution in [-0.4, -0.2) is 17.4 Å². The summed E-state index contributed by atoms with van der Waals surface area (Å²) in [6.45, 7) is 0. The number of fused-ring (bicyclic) bond motifs is 1. The van der Waals surface area contributed by atoms with Gasteiger partial charge in [0.05, 0.1) is 12.1 Å². The summed E-state index contributed by atoms with van der Waals surface area (Å²) in [5.41, 5.74) is 0.853. The Labute approximate surface area is 134 Å². The van der Waals surface area contributed by atoms with E-state index in [2.05, 4.69) is 15.2 Å². The first kappa shape index (κ1) is 15.9. The maximum Gasteiger partial charge on any atom is 0.573 e. The van der Waals surface area contributed by atoms with Gasteiger partial charge in [0, 0.05) is 5.39 Å². The van der Waals surface area contributed by atoms with E-state index in [1.807, 2.05) is 0 Å². The number of carbonyl (C=O) groups is 1. The van der Waals surface area contributed by atoms with E-state index < -0.39 is 18.0 Å². The molecule has 1 aromatic heterocycles. The Morgan fingerprint density at radius 3 is 2.62 bits per heavy atom. The Hall–Kier alpha value is -3.03. The Kier molecular flexibility index (Phi) is 4.11. The SMILES string of the molecule is O=C(Cc1noc2ccccc12)Nc1ccccc1OC(F)(F)F. The van der Waals surface area contributed by atoms with Gasteiger partial charge in [0.2, 0.25) is 5.91 Å². The number of benzene rings is 2. The first-order valence-electron chi connectivity index (χ1n) is 6.90. The van der Waals surface area contributed by atoms with E-state index in [0.717, 1.165) is 6.07 Å². The molecule has 2 aromatic carbocycles. The number of nitrogens with zero attached hydrogens (tertiary/aromatic N) is 1. The van der Waals surface area contributed by atoms with Crippen molar-refractivity contribution in [1.29, 1.82) is 0 Å². The van der Waals surface area contributed by atoms with E-state index in [1.54, 1.807) is 24.3 Å². The van der Waals surface area contributed by atoms with Crippen LogP contribution in [0.25, 0.3) is 11.0 Å². The monoisotopic (exact) mass is 336 g/mol. The molecule has 124 valence electrons. The number of alkyl halides is 3. The van der Waals surface area contributed by atoms with E-state index in [0.29, 0.717) is 16.7 Å². The molecule has 24 heavy (non-hydrogen) atoms. The van der Waals surface area contributed by atoms with Crippen LogP contribution in [0.1, 0.15) is 5.69 Å². The zero-order valence-electron chi connectivity index (χ0n) is 12.1. The summed E-state index contributed by atoms with van der Waals surface area (Å²) >= 11 is 0. The van der Waals surface area contributed by atoms with Crippen LogP contribution < -0.4 is 10.1 Å². The Morgan fingerprint density at radius 2 is 1.83 bits per heavy atom. The number of anilines is 1. The molecule has 0 aliphatic carbocycles. The molecule has 1 N–H and O–H groups in total. The van der Waals surface area contributed by atoms with E-state index >= 15 is 0 Å². The number of hydrogen-bond donors (Lipinski definition) is 1. The standard InChI is InChI=1S/C16H11F3N2O3/c17-16(18,19)23-14-8-4-2-6-11(14)20-15(22)9-12-10-5-1-3-7-13(10)24-21-12/h1-8H,9H2,(H,20,22). The lowest BCUT2D eigenvalue weighted by Gasteiger charge is -2.13. The quantitative estimate of drug-likeness (QED) is 0.785. The number of carbonyl (C=O) groups excluding carboxylic acids is 1. The highest BCUT2D eigenvalue weighted by Crippen LogP contribution is 2.30. The molecule has 0 bridgehead atoms. The number of halogens is 3. The molecule has 0 unspecified atom stereocenters. The third kappa shape index (κ3) is 3.65. The van der Waals surface area contributed by atoms with Crippen LogP contribution >= 0.6 is 0 Å². The second-order valence-corrected chi connectivity index (χ2v) is 4.89. The molecular formula is C16H11F3N2O3. The van der Waals surface area contributed by atoms with Gasteiger partial charge in [0.25, 0.3) is 0 Å². The average molecular weight is 336 g/mol. The third-order valence-corrected chi connectivity index (χ3v) is 3.17. The third-order valence-electron chi connectivity index (χ3n) is 3.17. The Bertz CT molecular complexity index is 874. The average Bonchev–Trinajstić information content (AvgIpc) is 2.91. The maximum absolute atomic E-state index is 12.4. The van der Waals surface area contributed by atoms with Crippen LogP contribution in [0.2, 0.25) is 0 Å². The Morgan fingerprint density at radius 1 is 1.12 bits per heavy atom. The van der Waals surface area contributed by atoms with Crippen molar-refractivity contribution in [3.8, 4) is 5.75 Å². The number of ether oxygens (including phenoxy) is 1. The van der Waals surface area contributed by atoms with Crippen molar-refractivity contribution >= 4 is 22.6 Å². The molecule has 8 heteroatoms. The van der Waals surface area contributed by atoms with E-state index in [-0.39, 0.29) is 12.1 Å². The van der Waals surface area contributed by atoms with Crippen LogP contribution in [0.4, 0.5) is 18.9 Å². The van der Waals surface area contributed by atoms with Gasteiger partial charge in [0.15, 0.2) is 11.3 Å². The van der Waals surface area contributed by atoms with Crippen LogP contribution in [0.5, 0.6) is 5.75 Å². The fourth-order valence-corrected chi connectivity index (χ4v) is 2.20.